The maximum Gasteiger partial charge on any atom is 0.346 e. The van der Waals surface area contributed by atoms with Gasteiger partial charge in [0, 0.05) is 5.56 Å². The molecule has 0 aliphatic heterocycles. The average molecular weight is 338 g/mol. The van der Waals surface area contributed by atoms with Crippen molar-refractivity contribution in [3.05, 3.63) is 64.3 Å². The highest BCUT2D eigenvalue weighted by Gasteiger charge is 2.23. The topological polar surface area (TPSA) is 65.7 Å². The van der Waals surface area contributed by atoms with Crippen LogP contribution in [0.2, 0.25) is 0 Å². The SMILES string of the molecule is COC(=O)[C@H](C)Oc1c(-c2ccccc2)oc2cc(C)ccc2c1=O. The van der Waals surface area contributed by atoms with E-state index in [-0.39, 0.29) is 11.2 Å². The zero-order valence-corrected chi connectivity index (χ0v) is 14.2. The highest BCUT2D eigenvalue weighted by Crippen LogP contribution is 2.31. The standard InChI is InChI=1S/C20H18O5/c1-12-9-10-15-16(11-12)25-18(14-7-5-4-6-8-14)19(17(15)21)24-13(2)20(22)23-3/h4-11,13H,1-3H3/t13-/m0/s1. The Bertz CT molecular complexity index is 973. The van der Waals surface area contributed by atoms with E-state index in [9.17, 15) is 9.59 Å². The largest absolute Gasteiger partial charge is 0.471 e. The number of benzene rings is 2. The van der Waals surface area contributed by atoms with Crippen LogP contribution in [0.25, 0.3) is 22.3 Å². The van der Waals surface area contributed by atoms with Crippen LogP contribution in [0.3, 0.4) is 0 Å². The third kappa shape index (κ3) is 3.26. The Morgan fingerprint density at radius 2 is 1.84 bits per heavy atom. The molecule has 0 saturated carbocycles. The van der Waals surface area contributed by atoms with Crippen LogP contribution in [0, 0.1) is 6.92 Å². The summed E-state index contributed by atoms with van der Waals surface area (Å²) in [6.45, 7) is 3.45. The van der Waals surface area contributed by atoms with Crippen molar-refractivity contribution < 1.29 is 18.7 Å². The first kappa shape index (κ1) is 16.8. The van der Waals surface area contributed by atoms with Crippen molar-refractivity contribution >= 4 is 16.9 Å². The predicted octanol–water partition coefficient (Wildman–Crippen LogP) is 3.71. The van der Waals surface area contributed by atoms with E-state index < -0.39 is 12.1 Å². The normalized spacial score (nSPS) is 12.0. The molecule has 3 aromatic rings. The first-order valence-corrected chi connectivity index (χ1v) is 7.88. The number of esters is 1. The van der Waals surface area contributed by atoms with Crippen molar-refractivity contribution in [1.82, 2.24) is 0 Å². The number of hydrogen-bond donors (Lipinski definition) is 0. The van der Waals surface area contributed by atoms with Gasteiger partial charge in [0.25, 0.3) is 0 Å². The Morgan fingerprint density at radius 3 is 2.52 bits per heavy atom. The van der Waals surface area contributed by atoms with Crippen molar-refractivity contribution in [2.75, 3.05) is 7.11 Å². The van der Waals surface area contributed by atoms with Crippen LogP contribution in [0.15, 0.2) is 57.7 Å². The monoisotopic (exact) mass is 338 g/mol. The maximum absolute atomic E-state index is 12.9. The molecule has 0 unspecified atom stereocenters. The van der Waals surface area contributed by atoms with E-state index in [0.717, 1.165) is 5.56 Å². The van der Waals surface area contributed by atoms with Crippen LogP contribution in [0.4, 0.5) is 0 Å². The van der Waals surface area contributed by atoms with Gasteiger partial charge in [-0.2, -0.15) is 0 Å². The molecular weight excluding hydrogens is 320 g/mol. The van der Waals surface area contributed by atoms with Crippen LogP contribution in [0.1, 0.15) is 12.5 Å². The van der Waals surface area contributed by atoms with Crippen molar-refractivity contribution in [3.8, 4) is 17.1 Å². The van der Waals surface area contributed by atoms with E-state index in [1.54, 1.807) is 12.1 Å². The molecule has 25 heavy (non-hydrogen) atoms. The highest BCUT2D eigenvalue weighted by molar-refractivity contribution is 5.83. The van der Waals surface area contributed by atoms with Gasteiger partial charge in [-0.3, -0.25) is 4.79 Å². The van der Waals surface area contributed by atoms with Gasteiger partial charge in [-0.25, -0.2) is 4.79 Å². The van der Waals surface area contributed by atoms with Gasteiger partial charge in [0.05, 0.1) is 12.5 Å². The third-order valence-electron chi connectivity index (χ3n) is 3.87. The van der Waals surface area contributed by atoms with Gasteiger partial charge in [0.2, 0.25) is 11.2 Å². The molecule has 5 heteroatoms. The predicted molar refractivity (Wildman–Crippen MR) is 94.8 cm³/mol. The molecule has 0 N–H and O–H groups in total. The van der Waals surface area contributed by atoms with Gasteiger partial charge >= 0.3 is 5.97 Å². The number of hydrogen-bond acceptors (Lipinski definition) is 5. The average Bonchev–Trinajstić information content (AvgIpc) is 2.63. The molecule has 1 atom stereocenters. The Kier molecular flexibility index (Phi) is 4.57. The lowest BCUT2D eigenvalue weighted by Gasteiger charge is -2.15. The van der Waals surface area contributed by atoms with Crippen molar-refractivity contribution in [3.63, 3.8) is 0 Å². The first-order chi connectivity index (χ1) is 12.0. The molecule has 0 spiro atoms. The van der Waals surface area contributed by atoms with E-state index >= 15 is 0 Å². The summed E-state index contributed by atoms with van der Waals surface area (Å²) >= 11 is 0. The van der Waals surface area contributed by atoms with Crippen LogP contribution in [-0.4, -0.2) is 19.2 Å². The van der Waals surface area contributed by atoms with E-state index in [0.29, 0.717) is 22.3 Å². The molecule has 0 fully saturated rings. The second kappa shape index (κ2) is 6.81. The molecule has 0 aliphatic rings. The summed E-state index contributed by atoms with van der Waals surface area (Å²) in [5.41, 5.74) is 1.82. The number of carbonyl (C=O) groups is 1. The Balaban J connectivity index is 2.25. The molecule has 3 rings (SSSR count). The summed E-state index contributed by atoms with van der Waals surface area (Å²) in [4.78, 5) is 24.6. The molecule has 5 nitrogen and oxygen atoms in total. The Morgan fingerprint density at radius 1 is 1.12 bits per heavy atom. The van der Waals surface area contributed by atoms with E-state index in [2.05, 4.69) is 4.74 Å². The molecule has 1 heterocycles. The summed E-state index contributed by atoms with van der Waals surface area (Å²) in [5.74, 6) is -0.276. The van der Waals surface area contributed by atoms with Crippen molar-refractivity contribution in [2.24, 2.45) is 0 Å². The summed E-state index contributed by atoms with van der Waals surface area (Å²) in [6, 6.07) is 14.5. The molecule has 0 saturated heterocycles. The zero-order chi connectivity index (χ0) is 18.0. The van der Waals surface area contributed by atoms with Crippen molar-refractivity contribution in [1.29, 1.82) is 0 Å². The minimum absolute atomic E-state index is 0.000420. The third-order valence-corrected chi connectivity index (χ3v) is 3.87. The lowest BCUT2D eigenvalue weighted by molar-refractivity contribution is -0.147. The molecule has 0 radical (unpaired) electrons. The van der Waals surface area contributed by atoms with E-state index in [4.69, 9.17) is 9.15 Å². The zero-order valence-electron chi connectivity index (χ0n) is 14.2. The lowest BCUT2D eigenvalue weighted by atomic mass is 10.1. The smallest absolute Gasteiger partial charge is 0.346 e. The van der Waals surface area contributed by atoms with Gasteiger partial charge in [0.15, 0.2) is 11.9 Å². The van der Waals surface area contributed by atoms with Gasteiger partial charge in [-0.05, 0) is 31.5 Å². The van der Waals surface area contributed by atoms with Crippen LogP contribution >= 0.6 is 0 Å². The molecule has 0 aliphatic carbocycles. The summed E-state index contributed by atoms with van der Waals surface area (Å²) in [6.07, 6.45) is -0.932. The van der Waals surface area contributed by atoms with Crippen LogP contribution in [0.5, 0.6) is 5.75 Å². The number of carbonyl (C=O) groups excluding carboxylic acids is 1. The molecule has 0 amide bonds. The Hall–Kier alpha value is -3.08. The highest BCUT2D eigenvalue weighted by atomic mass is 16.6. The van der Waals surface area contributed by atoms with E-state index in [1.165, 1.54) is 14.0 Å². The fourth-order valence-corrected chi connectivity index (χ4v) is 2.56. The quantitative estimate of drug-likeness (QED) is 0.679. The number of aryl methyl sites for hydroxylation is 1. The summed E-state index contributed by atoms with van der Waals surface area (Å²) in [7, 11) is 1.27. The fraction of sp³-hybridized carbons (Fsp3) is 0.200. The Labute approximate surface area is 144 Å². The second-order valence-electron chi connectivity index (χ2n) is 5.74. The minimum atomic E-state index is -0.932. The first-order valence-electron chi connectivity index (χ1n) is 7.88. The van der Waals surface area contributed by atoms with Crippen molar-refractivity contribution in [2.45, 2.75) is 20.0 Å². The maximum atomic E-state index is 12.9. The molecular formula is C20H18O5. The van der Waals surface area contributed by atoms with Gasteiger partial charge < -0.3 is 13.9 Å². The molecule has 0 bridgehead atoms. The molecule has 2 aromatic carbocycles. The summed E-state index contributed by atoms with van der Waals surface area (Å²) < 4.78 is 16.3. The number of rotatable bonds is 4. The molecule has 1 aromatic heterocycles. The van der Waals surface area contributed by atoms with Crippen LogP contribution in [-0.2, 0) is 9.53 Å². The van der Waals surface area contributed by atoms with Gasteiger partial charge in [-0.15, -0.1) is 0 Å². The van der Waals surface area contributed by atoms with Gasteiger partial charge in [0.1, 0.15) is 5.58 Å². The second-order valence-corrected chi connectivity index (χ2v) is 5.74. The fourth-order valence-electron chi connectivity index (χ4n) is 2.56. The molecule has 128 valence electrons. The summed E-state index contributed by atoms with van der Waals surface area (Å²) in [5, 5.41) is 0.400. The van der Waals surface area contributed by atoms with E-state index in [1.807, 2.05) is 43.3 Å². The number of methoxy groups -OCH3 is 1. The minimum Gasteiger partial charge on any atom is -0.471 e. The number of ether oxygens (including phenoxy) is 2. The number of fused-ring (bicyclic) bond motifs is 1. The van der Waals surface area contributed by atoms with Gasteiger partial charge in [-0.1, -0.05) is 36.4 Å². The van der Waals surface area contributed by atoms with Crippen LogP contribution < -0.4 is 10.2 Å². The lowest BCUT2D eigenvalue weighted by Crippen LogP contribution is -2.27.